The van der Waals surface area contributed by atoms with Crippen molar-refractivity contribution >= 4 is 28.8 Å². The lowest BCUT2D eigenvalue weighted by molar-refractivity contribution is -0.116. The number of thiophene rings is 1. The molecule has 1 aliphatic carbocycles. The van der Waals surface area contributed by atoms with E-state index in [1.807, 2.05) is 52.7 Å². The van der Waals surface area contributed by atoms with E-state index < -0.39 is 0 Å². The Morgan fingerprint density at radius 1 is 1.12 bits per heavy atom. The molecule has 3 aromatic rings. The van der Waals surface area contributed by atoms with Gasteiger partial charge in [-0.3, -0.25) is 9.59 Å². The molecule has 1 fully saturated rings. The van der Waals surface area contributed by atoms with Crippen LogP contribution in [0.4, 0.5) is 5.69 Å². The molecular weight excluding hydrogens is 420 g/mol. The highest BCUT2D eigenvalue weighted by Crippen LogP contribution is 2.32. The van der Waals surface area contributed by atoms with Gasteiger partial charge < -0.3 is 14.6 Å². The predicted molar refractivity (Wildman–Crippen MR) is 127 cm³/mol. The first-order chi connectivity index (χ1) is 15.7. The number of benzene rings is 1. The van der Waals surface area contributed by atoms with Gasteiger partial charge >= 0.3 is 0 Å². The van der Waals surface area contributed by atoms with Gasteiger partial charge in [0.05, 0.1) is 4.88 Å². The summed E-state index contributed by atoms with van der Waals surface area (Å²) in [5.74, 6) is 2.60. The third kappa shape index (κ3) is 4.65. The minimum Gasteiger partial charge on any atom is -0.461 e. The summed E-state index contributed by atoms with van der Waals surface area (Å²) in [4.78, 5) is 27.8. The molecule has 32 heavy (non-hydrogen) atoms. The van der Waals surface area contributed by atoms with Crippen LogP contribution in [0.3, 0.4) is 0 Å². The van der Waals surface area contributed by atoms with Gasteiger partial charge in [0, 0.05) is 42.7 Å². The lowest BCUT2D eigenvalue weighted by Crippen LogP contribution is -2.35. The molecule has 5 rings (SSSR count). The minimum absolute atomic E-state index is 0.0792. The van der Waals surface area contributed by atoms with Gasteiger partial charge in [0.1, 0.15) is 11.5 Å². The topological polar surface area (TPSA) is 62.6 Å². The molecule has 2 aromatic heterocycles. The number of carbonyl (C=O) groups is 2. The first kappa shape index (κ1) is 21.0. The number of amides is 2. The zero-order chi connectivity index (χ0) is 21.9. The molecule has 0 spiro atoms. The lowest BCUT2D eigenvalue weighted by Gasteiger charge is -2.25. The summed E-state index contributed by atoms with van der Waals surface area (Å²) < 4.78 is 6.14. The molecule has 0 saturated heterocycles. The van der Waals surface area contributed by atoms with E-state index in [1.165, 1.54) is 37.0 Å². The first-order valence-corrected chi connectivity index (χ1v) is 12.4. The molecule has 0 bridgehead atoms. The van der Waals surface area contributed by atoms with Crippen molar-refractivity contribution in [1.82, 2.24) is 4.90 Å². The van der Waals surface area contributed by atoms with E-state index in [4.69, 9.17) is 4.42 Å². The maximum Gasteiger partial charge on any atom is 0.264 e. The summed E-state index contributed by atoms with van der Waals surface area (Å²) in [6.07, 6.45) is 7.42. The Hall–Kier alpha value is -2.86. The van der Waals surface area contributed by atoms with Crippen molar-refractivity contribution in [3.63, 3.8) is 0 Å². The molecule has 0 atom stereocenters. The monoisotopic (exact) mass is 448 g/mol. The van der Waals surface area contributed by atoms with Crippen LogP contribution in [0.2, 0.25) is 0 Å². The number of hydrogen-bond acceptors (Lipinski definition) is 4. The fourth-order valence-electron chi connectivity index (χ4n) is 4.81. The van der Waals surface area contributed by atoms with Crippen molar-refractivity contribution in [1.29, 1.82) is 0 Å². The van der Waals surface area contributed by atoms with E-state index in [0.29, 0.717) is 31.8 Å². The number of rotatable bonds is 6. The van der Waals surface area contributed by atoms with Crippen LogP contribution in [0.25, 0.3) is 11.3 Å². The number of anilines is 1. The summed E-state index contributed by atoms with van der Waals surface area (Å²) >= 11 is 1.48. The average Bonchev–Trinajstić information content (AvgIpc) is 3.58. The number of fused-ring (bicyclic) bond motifs is 1. The van der Waals surface area contributed by atoms with Gasteiger partial charge in [-0.15, -0.1) is 11.3 Å². The quantitative estimate of drug-likeness (QED) is 0.494. The van der Waals surface area contributed by atoms with Crippen LogP contribution in [0.15, 0.2) is 52.3 Å². The van der Waals surface area contributed by atoms with Crippen molar-refractivity contribution in [2.75, 3.05) is 11.9 Å². The van der Waals surface area contributed by atoms with Crippen molar-refractivity contribution in [2.45, 2.75) is 51.5 Å². The number of nitrogens with one attached hydrogen (secondary N) is 1. The van der Waals surface area contributed by atoms with Crippen LogP contribution < -0.4 is 5.32 Å². The fraction of sp³-hybridized carbons (Fsp3) is 0.385. The smallest absolute Gasteiger partial charge is 0.264 e. The summed E-state index contributed by atoms with van der Waals surface area (Å²) in [7, 11) is 0. The predicted octanol–water partition coefficient (Wildman–Crippen LogP) is 6.12. The maximum absolute atomic E-state index is 12.7. The second-order valence-corrected chi connectivity index (χ2v) is 9.78. The fourth-order valence-corrected chi connectivity index (χ4v) is 5.50. The number of furan rings is 1. The molecule has 0 radical (unpaired) electrons. The molecule has 1 aromatic carbocycles. The van der Waals surface area contributed by atoms with Crippen LogP contribution in [-0.4, -0.2) is 23.3 Å². The molecule has 1 N–H and O–H groups in total. The molecule has 1 saturated carbocycles. The summed E-state index contributed by atoms with van der Waals surface area (Å²) in [6.45, 7) is 1.22. The van der Waals surface area contributed by atoms with Gasteiger partial charge in [0.25, 0.3) is 5.91 Å². The average molecular weight is 449 g/mol. The maximum atomic E-state index is 12.7. The molecule has 2 aliphatic rings. The van der Waals surface area contributed by atoms with E-state index in [9.17, 15) is 9.59 Å². The van der Waals surface area contributed by atoms with Crippen LogP contribution in [0.1, 0.15) is 59.5 Å². The Labute approximate surface area is 192 Å². The van der Waals surface area contributed by atoms with Crippen molar-refractivity contribution in [2.24, 2.45) is 5.92 Å². The molecule has 166 valence electrons. The van der Waals surface area contributed by atoms with Crippen molar-refractivity contribution in [3.8, 4) is 11.3 Å². The van der Waals surface area contributed by atoms with Gasteiger partial charge in [-0.25, -0.2) is 0 Å². The highest BCUT2D eigenvalue weighted by atomic mass is 32.1. The molecule has 6 heteroatoms. The van der Waals surface area contributed by atoms with E-state index in [1.54, 1.807) is 0 Å². The molecule has 0 unspecified atom stereocenters. The van der Waals surface area contributed by atoms with Gasteiger partial charge in [-0.1, -0.05) is 43.9 Å². The number of nitrogens with zero attached hydrogens (tertiary/aromatic N) is 1. The second kappa shape index (κ2) is 9.33. The Balaban J connectivity index is 1.24. The highest BCUT2D eigenvalue weighted by molar-refractivity contribution is 7.12. The molecule has 3 heterocycles. The Morgan fingerprint density at radius 2 is 2.00 bits per heavy atom. The van der Waals surface area contributed by atoms with Crippen LogP contribution in [0, 0.1) is 5.92 Å². The van der Waals surface area contributed by atoms with Crippen LogP contribution >= 0.6 is 11.3 Å². The van der Waals surface area contributed by atoms with Gasteiger partial charge in [-0.2, -0.15) is 0 Å². The Morgan fingerprint density at radius 3 is 2.81 bits per heavy atom. The molecule has 1 aliphatic heterocycles. The summed E-state index contributed by atoms with van der Waals surface area (Å²) in [5.41, 5.74) is 2.79. The first-order valence-electron chi connectivity index (χ1n) is 11.5. The SMILES string of the molecule is O=C(CCC1CCCC1)Nc1cccc(-c2cc3c(o2)CCN(C(=O)c2cccs2)C3)c1. The van der Waals surface area contributed by atoms with E-state index in [-0.39, 0.29) is 11.8 Å². The standard InChI is InChI=1S/C26H28N2O3S/c29-25(11-10-18-5-1-2-6-18)27-21-8-3-7-19(15-21)23-16-20-17-28(13-12-22(20)31-23)26(30)24-9-4-14-32-24/h3-4,7-9,14-16,18H,1-2,5-6,10-13,17H2,(H,27,29). The second-order valence-electron chi connectivity index (χ2n) is 8.83. The zero-order valence-electron chi connectivity index (χ0n) is 18.1. The van der Waals surface area contributed by atoms with Gasteiger partial charge in [-0.05, 0) is 42.0 Å². The minimum atomic E-state index is 0.0792. The Kier molecular flexibility index (Phi) is 6.12. The van der Waals surface area contributed by atoms with Gasteiger partial charge in [0.2, 0.25) is 5.91 Å². The number of hydrogen-bond donors (Lipinski definition) is 1. The Bertz CT molecular complexity index is 1100. The van der Waals surface area contributed by atoms with E-state index in [2.05, 4.69) is 5.32 Å². The van der Waals surface area contributed by atoms with Crippen LogP contribution in [0.5, 0.6) is 0 Å². The van der Waals surface area contributed by atoms with E-state index >= 15 is 0 Å². The van der Waals surface area contributed by atoms with Crippen molar-refractivity contribution in [3.05, 3.63) is 64.0 Å². The zero-order valence-corrected chi connectivity index (χ0v) is 19.0. The van der Waals surface area contributed by atoms with E-state index in [0.717, 1.165) is 39.6 Å². The normalized spacial score (nSPS) is 16.2. The van der Waals surface area contributed by atoms with Crippen LogP contribution in [-0.2, 0) is 17.8 Å². The third-order valence-electron chi connectivity index (χ3n) is 6.57. The summed E-state index contributed by atoms with van der Waals surface area (Å²) in [6, 6.07) is 13.6. The molecular formula is C26H28N2O3S. The molecule has 5 nitrogen and oxygen atoms in total. The van der Waals surface area contributed by atoms with Gasteiger partial charge in [0.15, 0.2) is 0 Å². The van der Waals surface area contributed by atoms with Crippen molar-refractivity contribution < 1.29 is 14.0 Å². The largest absolute Gasteiger partial charge is 0.461 e. The number of carbonyl (C=O) groups excluding carboxylic acids is 2. The summed E-state index contributed by atoms with van der Waals surface area (Å²) in [5, 5.41) is 4.97. The lowest BCUT2D eigenvalue weighted by atomic mass is 10.0. The molecule has 2 amide bonds. The highest BCUT2D eigenvalue weighted by Gasteiger charge is 2.25. The third-order valence-corrected chi connectivity index (χ3v) is 7.43.